The average Bonchev–Trinajstić information content (AvgIpc) is 3.55. The van der Waals surface area contributed by atoms with Crippen LogP contribution < -0.4 is 10.2 Å². The summed E-state index contributed by atoms with van der Waals surface area (Å²) in [6.45, 7) is 1.35. The number of benzene rings is 3. The highest BCUT2D eigenvalue weighted by Gasteiger charge is 2.31. The number of rotatable bonds is 6. The van der Waals surface area contributed by atoms with Crippen molar-refractivity contribution in [2.45, 2.75) is 24.0 Å². The van der Waals surface area contributed by atoms with Crippen molar-refractivity contribution in [1.82, 2.24) is 19.7 Å². The number of nitrogens with one attached hydrogen (secondary N) is 1. The van der Waals surface area contributed by atoms with E-state index < -0.39 is 6.04 Å². The summed E-state index contributed by atoms with van der Waals surface area (Å²) >= 11 is 1.59. The van der Waals surface area contributed by atoms with Gasteiger partial charge in [-0.3, -0.25) is 14.3 Å². The fourth-order valence-electron chi connectivity index (χ4n) is 4.78. The lowest BCUT2D eigenvalue weighted by Gasteiger charge is -2.21. The first-order chi connectivity index (χ1) is 18.5. The van der Waals surface area contributed by atoms with E-state index in [2.05, 4.69) is 51.5 Å². The molecule has 1 aliphatic heterocycles. The minimum atomic E-state index is -0.645. The largest absolute Gasteiger partial charge is 0.343 e. The van der Waals surface area contributed by atoms with Crippen molar-refractivity contribution in [2.75, 3.05) is 17.7 Å². The van der Waals surface area contributed by atoms with Crippen molar-refractivity contribution in [3.05, 3.63) is 114 Å². The monoisotopic (exact) mass is 521 g/mol. The van der Waals surface area contributed by atoms with Crippen LogP contribution in [0.5, 0.6) is 0 Å². The summed E-state index contributed by atoms with van der Waals surface area (Å²) in [5, 5.41) is 8.34. The lowest BCUT2D eigenvalue weighted by Crippen LogP contribution is -2.48. The van der Waals surface area contributed by atoms with Crippen LogP contribution in [0.2, 0.25) is 0 Å². The summed E-state index contributed by atoms with van der Waals surface area (Å²) in [6, 6.07) is 26.0. The first-order valence-electron chi connectivity index (χ1n) is 12.5. The molecule has 0 radical (unpaired) electrons. The molecule has 8 heteroatoms. The standard InChI is InChI=1S/C30H27N5O2S/c1-33-27-14-23-12-13-34(17-21-8-4-2-5-9-21)26(23)15-28(27)38-20-25(30(33)37)32-29(36)24-16-31-35(19-24)18-22-10-6-3-7-11-22/h2-16,19,25H,17-18,20H2,1H3,(H,32,36)/t25-/m0/s1. The minimum Gasteiger partial charge on any atom is -0.343 e. The number of thioether (sulfide) groups is 1. The maximum atomic E-state index is 13.4. The third-order valence-electron chi connectivity index (χ3n) is 6.83. The molecule has 0 saturated heterocycles. The Bertz CT molecular complexity index is 1610. The van der Waals surface area contributed by atoms with E-state index in [1.165, 1.54) is 5.56 Å². The van der Waals surface area contributed by atoms with E-state index in [4.69, 9.17) is 0 Å². The zero-order valence-electron chi connectivity index (χ0n) is 20.9. The van der Waals surface area contributed by atoms with E-state index in [1.54, 1.807) is 40.8 Å². The van der Waals surface area contributed by atoms with Gasteiger partial charge in [0.05, 0.1) is 24.0 Å². The van der Waals surface area contributed by atoms with Gasteiger partial charge in [0.2, 0.25) is 5.91 Å². The molecule has 0 unspecified atom stereocenters. The van der Waals surface area contributed by atoms with Gasteiger partial charge in [0, 0.05) is 47.5 Å². The number of aromatic nitrogens is 3. The van der Waals surface area contributed by atoms with Crippen LogP contribution in [0.25, 0.3) is 10.9 Å². The Morgan fingerprint density at radius 3 is 2.45 bits per heavy atom. The third kappa shape index (κ3) is 4.82. The Balaban J connectivity index is 1.18. The van der Waals surface area contributed by atoms with Crippen molar-refractivity contribution in [3.8, 4) is 0 Å². The molecule has 1 atom stereocenters. The van der Waals surface area contributed by atoms with Gasteiger partial charge in [-0.25, -0.2) is 0 Å². The molecular formula is C30H27N5O2S. The molecule has 1 aliphatic rings. The lowest BCUT2D eigenvalue weighted by molar-refractivity contribution is -0.119. The zero-order valence-corrected chi connectivity index (χ0v) is 21.8. The number of carbonyl (C=O) groups is 2. The van der Waals surface area contributed by atoms with Crippen LogP contribution >= 0.6 is 11.8 Å². The summed E-state index contributed by atoms with van der Waals surface area (Å²) in [5.41, 5.74) is 4.74. The van der Waals surface area contributed by atoms with Gasteiger partial charge in [-0.1, -0.05) is 60.7 Å². The molecule has 38 heavy (non-hydrogen) atoms. The second-order valence-corrected chi connectivity index (χ2v) is 10.5. The minimum absolute atomic E-state index is 0.135. The van der Waals surface area contributed by atoms with E-state index in [1.807, 2.05) is 48.5 Å². The number of anilines is 1. The Morgan fingerprint density at radius 1 is 1.00 bits per heavy atom. The number of fused-ring (bicyclic) bond motifs is 2. The maximum Gasteiger partial charge on any atom is 0.255 e. The fourth-order valence-corrected chi connectivity index (χ4v) is 5.89. The van der Waals surface area contributed by atoms with E-state index in [-0.39, 0.29) is 11.8 Å². The summed E-state index contributed by atoms with van der Waals surface area (Å²) in [6.07, 6.45) is 5.35. The van der Waals surface area contributed by atoms with Gasteiger partial charge < -0.3 is 14.8 Å². The van der Waals surface area contributed by atoms with Crippen molar-refractivity contribution >= 4 is 40.2 Å². The highest BCUT2D eigenvalue weighted by molar-refractivity contribution is 7.99. The topological polar surface area (TPSA) is 72.2 Å². The number of nitrogens with zero attached hydrogens (tertiary/aromatic N) is 4. The van der Waals surface area contributed by atoms with Crippen molar-refractivity contribution in [3.63, 3.8) is 0 Å². The van der Waals surface area contributed by atoms with Gasteiger partial charge in [0.25, 0.3) is 5.91 Å². The average molecular weight is 522 g/mol. The number of hydrogen-bond donors (Lipinski definition) is 1. The summed E-state index contributed by atoms with van der Waals surface area (Å²) in [7, 11) is 1.77. The predicted octanol–water partition coefficient (Wildman–Crippen LogP) is 4.80. The first-order valence-corrected chi connectivity index (χ1v) is 13.5. The molecule has 3 heterocycles. The van der Waals surface area contributed by atoms with Gasteiger partial charge in [-0.05, 0) is 29.3 Å². The molecule has 1 N–H and O–H groups in total. The third-order valence-corrected chi connectivity index (χ3v) is 7.97. The van der Waals surface area contributed by atoms with Crippen LogP contribution in [0.15, 0.2) is 102 Å². The normalized spacial score (nSPS) is 15.3. The molecule has 2 amide bonds. The van der Waals surface area contributed by atoms with Gasteiger partial charge in [0.1, 0.15) is 6.04 Å². The Labute approximate surface area is 225 Å². The maximum absolute atomic E-state index is 13.4. The van der Waals surface area contributed by atoms with Crippen molar-refractivity contribution in [2.24, 2.45) is 0 Å². The highest BCUT2D eigenvalue weighted by Crippen LogP contribution is 2.37. The summed E-state index contributed by atoms with van der Waals surface area (Å²) in [4.78, 5) is 29.1. The SMILES string of the molecule is CN1C(=O)[C@@H](NC(=O)c2cnn(Cc3ccccc3)c2)CSc2cc3c(ccn3Cc3ccccc3)cc21. The van der Waals surface area contributed by atoms with Crippen LogP contribution in [0.3, 0.4) is 0 Å². The smallest absolute Gasteiger partial charge is 0.255 e. The van der Waals surface area contributed by atoms with Crippen LogP contribution in [0, 0.1) is 0 Å². The van der Waals surface area contributed by atoms with Crippen LogP contribution in [-0.2, 0) is 17.9 Å². The molecule has 0 spiro atoms. The molecule has 0 saturated carbocycles. The summed E-state index contributed by atoms with van der Waals surface area (Å²) in [5.74, 6) is 0.0109. The molecular weight excluding hydrogens is 494 g/mol. The second kappa shape index (κ2) is 10.2. The Hall–Kier alpha value is -4.30. The van der Waals surface area contributed by atoms with Crippen LogP contribution in [0.1, 0.15) is 21.5 Å². The van der Waals surface area contributed by atoms with Gasteiger partial charge in [-0.15, -0.1) is 11.8 Å². The zero-order chi connectivity index (χ0) is 26.1. The van der Waals surface area contributed by atoms with Crippen molar-refractivity contribution in [1.29, 1.82) is 0 Å². The molecule has 6 rings (SSSR count). The van der Waals surface area contributed by atoms with E-state index >= 15 is 0 Å². The molecule has 0 aliphatic carbocycles. The Kier molecular flexibility index (Phi) is 6.47. The first kappa shape index (κ1) is 24.1. The molecule has 0 fully saturated rings. The quantitative estimate of drug-likeness (QED) is 0.348. The molecule has 3 aromatic carbocycles. The Morgan fingerprint density at radius 2 is 1.71 bits per heavy atom. The van der Waals surface area contributed by atoms with E-state index in [0.717, 1.165) is 33.6 Å². The second-order valence-electron chi connectivity index (χ2n) is 9.45. The van der Waals surface area contributed by atoms with Gasteiger partial charge in [-0.2, -0.15) is 5.10 Å². The van der Waals surface area contributed by atoms with Gasteiger partial charge >= 0.3 is 0 Å². The van der Waals surface area contributed by atoms with Gasteiger partial charge in [0.15, 0.2) is 0 Å². The molecule has 190 valence electrons. The lowest BCUT2D eigenvalue weighted by atomic mass is 10.2. The fraction of sp³-hybridized carbons (Fsp3) is 0.167. The van der Waals surface area contributed by atoms with Crippen LogP contribution in [-0.4, -0.2) is 45.0 Å². The summed E-state index contributed by atoms with van der Waals surface area (Å²) < 4.78 is 3.96. The molecule has 7 nitrogen and oxygen atoms in total. The molecule has 5 aromatic rings. The van der Waals surface area contributed by atoms with Crippen molar-refractivity contribution < 1.29 is 9.59 Å². The number of amides is 2. The van der Waals surface area contributed by atoms with E-state index in [9.17, 15) is 9.59 Å². The number of hydrogen-bond acceptors (Lipinski definition) is 4. The number of carbonyl (C=O) groups excluding carboxylic acids is 2. The highest BCUT2D eigenvalue weighted by atomic mass is 32.2. The van der Waals surface area contributed by atoms with Crippen LogP contribution in [0.4, 0.5) is 5.69 Å². The molecule has 0 bridgehead atoms. The van der Waals surface area contributed by atoms with E-state index in [0.29, 0.717) is 17.9 Å². The number of likely N-dealkylation sites (N-methyl/N-ethyl adjacent to an activating group) is 1. The molecule has 2 aromatic heterocycles. The predicted molar refractivity (Wildman–Crippen MR) is 151 cm³/mol.